The minimum absolute atomic E-state index is 0.0391. The van der Waals surface area contributed by atoms with E-state index in [1.807, 2.05) is 48.5 Å². The second-order valence-corrected chi connectivity index (χ2v) is 7.54. The molecule has 0 N–H and O–H groups in total. The van der Waals surface area contributed by atoms with E-state index in [1.165, 1.54) is 12.3 Å². The normalized spacial score (nSPS) is 13.3. The first kappa shape index (κ1) is 18.5. The Bertz CT molecular complexity index is 1030. The van der Waals surface area contributed by atoms with Crippen LogP contribution >= 0.6 is 23.4 Å². The van der Waals surface area contributed by atoms with Gasteiger partial charge in [-0.15, -0.1) is 0 Å². The molecule has 0 bridgehead atoms. The highest BCUT2D eigenvalue weighted by molar-refractivity contribution is 7.99. The van der Waals surface area contributed by atoms with Crippen LogP contribution in [0.3, 0.4) is 0 Å². The van der Waals surface area contributed by atoms with Crippen LogP contribution in [0.4, 0.5) is 11.4 Å². The molecule has 7 heteroatoms. The van der Waals surface area contributed by atoms with Gasteiger partial charge in [-0.05, 0) is 43.3 Å². The standard InChI is InChI=1S/C21H15ClN2O3S/c1-13(27-21(26)14-7-6-12-23-19(14)22)20(25)24-15-8-2-4-10-17(15)28-18-11-5-3-9-16(18)24/h2-13H,1H3. The molecule has 1 atom stereocenters. The Balaban J connectivity index is 1.64. The van der Waals surface area contributed by atoms with Gasteiger partial charge in [0.2, 0.25) is 0 Å². The van der Waals surface area contributed by atoms with E-state index in [0.717, 1.165) is 21.2 Å². The molecule has 140 valence electrons. The molecule has 3 aromatic rings. The lowest BCUT2D eigenvalue weighted by atomic mass is 10.2. The molecule has 0 radical (unpaired) electrons. The maximum Gasteiger partial charge on any atom is 0.342 e. The molecule has 5 nitrogen and oxygen atoms in total. The molecule has 1 aliphatic rings. The van der Waals surface area contributed by atoms with Crippen LogP contribution in [0.15, 0.2) is 76.7 Å². The number of nitrogens with zero attached hydrogens (tertiary/aromatic N) is 2. The maximum absolute atomic E-state index is 13.3. The first-order chi connectivity index (χ1) is 13.6. The third kappa shape index (κ3) is 3.37. The monoisotopic (exact) mass is 410 g/mol. The number of para-hydroxylation sites is 2. The van der Waals surface area contributed by atoms with Gasteiger partial charge in [-0.1, -0.05) is 47.6 Å². The van der Waals surface area contributed by atoms with E-state index in [-0.39, 0.29) is 16.6 Å². The van der Waals surface area contributed by atoms with Gasteiger partial charge in [0.1, 0.15) is 5.15 Å². The van der Waals surface area contributed by atoms with Crippen molar-refractivity contribution in [3.63, 3.8) is 0 Å². The lowest BCUT2D eigenvalue weighted by molar-refractivity contribution is -0.125. The lowest BCUT2D eigenvalue weighted by Gasteiger charge is -2.32. The van der Waals surface area contributed by atoms with Crippen LogP contribution in [0.5, 0.6) is 0 Å². The highest BCUT2D eigenvalue weighted by Crippen LogP contribution is 2.48. The Kier molecular flexibility index (Phi) is 5.07. The van der Waals surface area contributed by atoms with Crippen LogP contribution in [0.25, 0.3) is 0 Å². The SMILES string of the molecule is CC(OC(=O)c1cccnc1Cl)C(=O)N1c2ccccc2Sc2ccccc21. The molecule has 0 aliphatic carbocycles. The molecule has 1 amide bonds. The first-order valence-electron chi connectivity index (χ1n) is 8.57. The zero-order valence-corrected chi connectivity index (χ0v) is 16.4. The van der Waals surface area contributed by atoms with Crippen LogP contribution in [0.1, 0.15) is 17.3 Å². The van der Waals surface area contributed by atoms with E-state index in [4.69, 9.17) is 16.3 Å². The fourth-order valence-electron chi connectivity index (χ4n) is 2.94. The molecule has 2 heterocycles. The fourth-order valence-corrected chi connectivity index (χ4v) is 4.19. The number of ether oxygens (including phenoxy) is 1. The number of amides is 1. The Morgan fingerprint density at radius 1 is 1.00 bits per heavy atom. The van der Waals surface area contributed by atoms with Gasteiger partial charge in [-0.2, -0.15) is 0 Å². The molecule has 1 aromatic heterocycles. The third-order valence-electron chi connectivity index (χ3n) is 4.26. The van der Waals surface area contributed by atoms with Gasteiger partial charge in [0.25, 0.3) is 5.91 Å². The van der Waals surface area contributed by atoms with Crippen LogP contribution in [-0.2, 0) is 9.53 Å². The Hall–Kier alpha value is -2.83. The fraction of sp³-hybridized carbons (Fsp3) is 0.0952. The molecule has 1 aliphatic heterocycles. The van der Waals surface area contributed by atoms with Gasteiger partial charge in [-0.3, -0.25) is 9.69 Å². The third-order valence-corrected chi connectivity index (χ3v) is 5.69. The van der Waals surface area contributed by atoms with Gasteiger partial charge in [-0.25, -0.2) is 9.78 Å². The molecule has 0 spiro atoms. The largest absolute Gasteiger partial charge is 0.449 e. The van der Waals surface area contributed by atoms with E-state index < -0.39 is 12.1 Å². The lowest BCUT2D eigenvalue weighted by Crippen LogP contribution is -2.38. The summed E-state index contributed by atoms with van der Waals surface area (Å²) in [6, 6.07) is 18.4. The Morgan fingerprint density at radius 2 is 1.61 bits per heavy atom. The number of esters is 1. The second kappa shape index (κ2) is 7.66. The average Bonchev–Trinajstić information content (AvgIpc) is 2.71. The van der Waals surface area contributed by atoms with E-state index in [9.17, 15) is 9.59 Å². The number of carbonyl (C=O) groups excluding carboxylic acids is 2. The minimum Gasteiger partial charge on any atom is -0.449 e. The van der Waals surface area contributed by atoms with E-state index in [1.54, 1.807) is 29.7 Å². The molecule has 2 aromatic carbocycles. The molecule has 0 fully saturated rings. The van der Waals surface area contributed by atoms with Crippen molar-refractivity contribution in [3.05, 3.63) is 77.6 Å². The van der Waals surface area contributed by atoms with Gasteiger partial charge in [0.05, 0.1) is 16.9 Å². The number of pyridine rings is 1. The van der Waals surface area contributed by atoms with Gasteiger partial charge >= 0.3 is 5.97 Å². The molecule has 4 rings (SSSR count). The second-order valence-electron chi connectivity index (χ2n) is 6.10. The average molecular weight is 411 g/mol. The van der Waals surface area contributed by atoms with Crippen molar-refractivity contribution < 1.29 is 14.3 Å². The number of halogens is 1. The summed E-state index contributed by atoms with van der Waals surface area (Å²) in [6.07, 6.45) is 0.473. The molecule has 0 saturated heterocycles. The van der Waals surface area contributed by atoms with Gasteiger partial charge in [0, 0.05) is 16.0 Å². The van der Waals surface area contributed by atoms with E-state index >= 15 is 0 Å². The van der Waals surface area contributed by atoms with Crippen LogP contribution in [-0.4, -0.2) is 23.0 Å². The summed E-state index contributed by atoms with van der Waals surface area (Å²) in [4.78, 5) is 33.1. The maximum atomic E-state index is 13.3. The first-order valence-corrected chi connectivity index (χ1v) is 9.77. The summed E-state index contributed by atoms with van der Waals surface area (Å²) >= 11 is 7.56. The predicted octanol–water partition coefficient (Wildman–Crippen LogP) is 5.11. The summed E-state index contributed by atoms with van der Waals surface area (Å²) < 4.78 is 5.40. The summed E-state index contributed by atoms with van der Waals surface area (Å²) in [5.74, 6) is -1.03. The number of rotatable bonds is 3. The number of hydrogen-bond donors (Lipinski definition) is 0. The molecular formula is C21H15ClN2O3S. The van der Waals surface area contributed by atoms with Crippen molar-refractivity contribution in [3.8, 4) is 0 Å². The molecule has 28 heavy (non-hydrogen) atoms. The van der Waals surface area contributed by atoms with E-state index in [0.29, 0.717) is 0 Å². The summed E-state index contributed by atoms with van der Waals surface area (Å²) in [5, 5.41) is 0.0391. The number of fused-ring (bicyclic) bond motifs is 2. The smallest absolute Gasteiger partial charge is 0.342 e. The van der Waals surface area contributed by atoms with Crippen molar-refractivity contribution in [2.45, 2.75) is 22.8 Å². The van der Waals surface area contributed by atoms with Crippen molar-refractivity contribution >= 4 is 46.6 Å². The van der Waals surface area contributed by atoms with Gasteiger partial charge < -0.3 is 4.74 Å². The highest BCUT2D eigenvalue weighted by atomic mass is 35.5. The zero-order valence-electron chi connectivity index (χ0n) is 14.8. The minimum atomic E-state index is -1.01. The predicted molar refractivity (Wildman–Crippen MR) is 108 cm³/mol. The van der Waals surface area contributed by atoms with Gasteiger partial charge in [0.15, 0.2) is 6.10 Å². The summed E-state index contributed by atoms with van der Waals surface area (Å²) in [6.45, 7) is 1.55. The van der Waals surface area contributed by atoms with Crippen LogP contribution < -0.4 is 4.90 Å². The number of benzene rings is 2. The highest BCUT2D eigenvalue weighted by Gasteiger charge is 2.32. The topological polar surface area (TPSA) is 59.5 Å². The van der Waals surface area contributed by atoms with Crippen molar-refractivity contribution in [2.75, 3.05) is 4.90 Å². The van der Waals surface area contributed by atoms with Crippen LogP contribution in [0, 0.1) is 0 Å². The summed E-state index contributed by atoms with van der Waals surface area (Å²) in [5.41, 5.74) is 1.65. The van der Waals surface area contributed by atoms with Crippen molar-refractivity contribution in [1.82, 2.24) is 4.98 Å². The number of carbonyl (C=O) groups is 2. The van der Waals surface area contributed by atoms with Crippen LogP contribution in [0.2, 0.25) is 5.15 Å². The number of anilines is 2. The number of aromatic nitrogens is 1. The van der Waals surface area contributed by atoms with E-state index in [2.05, 4.69) is 4.98 Å². The number of hydrogen-bond acceptors (Lipinski definition) is 5. The zero-order chi connectivity index (χ0) is 19.7. The Labute approximate surface area is 171 Å². The molecule has 1 unspecified atom stereocenters. The molecular weight excluding hydrogens is 396 g/mol. The van der Waals surface area contributed by atoms with Crippen molar-refractivity contribution in [2.24, 2.45) is 0 Å². The summed E-state index contributed by atoms with van der Waals surface area (Å²) in [7, 11) is 0. The quantitative estimate of drug-likeness (QED) is 0.443. The van der Waals surface area contributed by atoms with Crippen molar-refractivity contribution in [1.29, 1.82) is 0 Å². The molecule has 0 saturated carbocycles. The Morgan fingerprint density at radius 3 is 2.21 bits per heavy atom.